The highest BCUT2D eigenvalue weighted by Gasteiger charge is 2.11. The van der Waals surface area contributed by atoms with Crippen LogP contribution in [-0.2, 0) is 0 Å². The van der Waals surface area contributed by atoms with E-state index in [4.69, 9.17) is 11.6 Å². The molecule has 1 heterocycles. The van der Waals surface area contributed by atoms with E-state index in [9.17, 15) is 0 Å². The lowest BCUT2D eigenvalue weighted by Gasteiger charge is -2.23. The zero-order valence-corrected chi connectivity index (χ0v) is 12.3. The topological polar surface area (TPSA) is 41.1 Å². The van der Waals surface area contributed by atoms with Crippen molar-refractivity contribution in [3.05, 3.63) is 11.2 Å². The van der Waals surface area contributed by atoms with Crippen LogP contribution in [-0.4, -0.2) is 29.6 Å². The highest BCUT2D eigenvalue weighted by Crippen LogP contribution is 2.23. The third kappa shape index (κ3) is 4.33. The molecule has 0 aliphatic heterocycles. The van der Waals surface area contributed by atoms with Crippen LogP contribution in [0.5, 0.6) is 0 Å². The van der Waals surface area contributed by atoms with Gasteiger partial charge in [0.1, 0.15) is 5.02 Å². The first-order valence-corrected chi connectivity index (χ1v) is 7.12. The molecule has 0 fully saturated rings. The Hall–Kier alpha value is -1.03. The fourth-order valence-corrected chi connectivity index (χ4v) is 1.88. The lowest BCUT2D eigenvalue weighted by atomic mass is 10.3. The van der Waals surface area contributed by atoms with Crippen molar-refractivity contribution in [2.24, 2.45) is 0 Å². The number of nitrogens with one attached hydrogen (secondary N) is 1. The average molecular weight is 271 g/mol. The molecule has 0 aromatic carbocycles. The molecule has 1 rings (SSSR count). The van der Waals surface area contributed by atoms with E-state index >= 15 is 0 Å². The molecule has 1 N–H and O–H groups in total. The fourth-order valence-electron chi connectivity index (χ4n) is 1.66. The summed E-state index contributed by atoms with van der Waals surface area (Å²) >= 11 is 6.19. The molecule has 0 atom stereocenters. The Morgan fingerprint density at radius 1 is 1.28 bits per heavy atom. The van der Waals surface area contributed by atoms with E-state index in [0.717, 1.165) is 38.3 Å². The third-order valence-electron chi connectivity index (χ3n) is 2.72. The van der Waals surface area contributed by atoms with Gasteiger partial charge < -0.3 is 10.2 Å². The minimum Gasteiger partial charge on any atom is -0.355 e. The Bertz CT molecular complexity index is 357. The molecular weight excluding hydrogens is 248 g/mol. The smallest absolute Gasteiger partial charge is 0.224 e. The number of halogens is 1. The van der Waals surface area contributed by atoms with E-state index in [1.54, 1.807) is 6.20 Å². The second kappa shape index (κ2) is 8.14. The molecule has 0 saturated heterocycles. The normalized spacial score (nSPS) is 10.4. The number of aromatic nitrogens is 2. The highest BCUT2D eigenvalue weighted by atomic mass is 35.5. The molecule has 5 heteroatoms. The molecule has 1 aromatic rings. The average Bonchev–Trinajstić information content (AvgIpc) is 2.39. The Kier molecular flexibility index (Phi) is 6.80. The molecular formula is C13H23ClN4. The molecule has 0 unspecified atom stereocenters. The van der Waals surface area contributed by atoms with Crippen molar-refractivity contribution in [2.75, 3.05) is 29.9 Å². The first-order chi connectivity index (χ1) is 8.72. The van der Waals surface area contributed by atoms with Gasteiger partial charge in [-0.05, 0) is 19.8 Å². The van der Waals surface area contributed by atoms with Crippen molar-refractivity contribution in [3.8, 4) is 0 Å². The summed E-state index contributed by atoms with van der Waals surface area (Å²) in [7, 11) is 0. The number of rotatable bonds is 8. The predicted molar refractivity (Wildman–Crippen MR) is 78.6 cm³/mol. The van der Waals surface area contributed by atoms with Crippen molar-refractivity contribution in [3.63, 3.8) is 0 Å². The standard InChI is InChI=1S/C13H23ClN4/c1-4-7-9-18(6-3)12-11(14)10-16-13(17-12)15-8-5-2/h10H,4-9H2,1-3H3,(H,15,16,17). The summed E-state index contributed by atoms with van der Waals surface area (Å²) in [5.41, 5.74) is 0. The maximum Gasteiger partial charge on any atom is 0.224 e. The number of anilines is 2. The summed E-state index contributed by atoms with van der Waals surface area (Å²) in [6.07, 6.45) is 5.04. The summed E-state index contributed by atoms with van der Waals surface area (Å²) in [6, 6.07) is 0. The predicted octanol–water partition coefficient (Wildman–Crippen LogP) is 3.58. The van der Waals surface area contributed by atoms with Crippen LogP contribution in [0, 0.1) is 0 Å². The largest absolute Gasteiger partial charge is 0.355 e. The molecule has 18 heavy (non-hydrogen) atoms. The Labute approximate surface area is 115 Å². The van der Waals surface area contributed by atoms with Crippen LogP contribution in [0.2, 0.25) is 5.02 Å². The minimum absolute atomic E-state index is 0.620. The molecule has 0 amide bonds. The van der Waals surface area contributed by atoms with Gasteiger partial charge in [0.2, 0.25) is 5.95 Å². The van der Waals surface area contributed by atoms with Gasteiger partial charge in [-0.15, -0.1) is 0 Å². The van der Waals surface area contributed by atoms with Gasteiger partial charge in [0.05, 0.1) is 6.20 Å². The molecule has 0 saturated carbocycles. The van der Waals surface area contributed by atoms with Crippen molar-refractivity contribution < 1.29 is 0 Å². The second-order valence-electron chi connectivity index (χ2n) is 4.23. The van der Waals surface area contributed by atoms with E-state index < -0.39 is 0 Å². The van der Waals surface area contributed by atoms with Gasteiger partial charge in [-0.25, -0.2) is 4.98 Å². The SMILES string of the molecule is CCCCN(CC)c1nc(NCCC)ncc1Cl. The fraction of sp³-hybridized carbons (Fsp3) is 0.692. The van der Waals surface area contributed by atoms with Crippen LogP contribution < -0.4 is 10.2 Å². The van der Waals surface area contributed by atoms with Gasteiger partial charge in [0.15, 0.2) is 5.82 Å². The van der Waals surface area contributed by atoms with Crippen molar-refractivity contribution in [1.82, 2.24) is 9.97 Å². The first-order valence-electron chi connectivity index (χ1n) is 6.74. The van der Waals surface area contributed by atoms with Gasteiger partial charge in [0.25, 0.3) is 0 Å². The van der Waals surface area contributed by atoms with E-state index in [2.05, 4.69) is 41.0 Å². The summed E-state index contributed by atoms with van der Waals surface area (Å²) in [6.45, 7) is 9.18. The lowest BCUT2D eigenvalue weighted by Crippen LogP contribution is -2.25. The van der Waals surface area contributed by atoms with E-state index in [-0.39, 0.29) is 0 Å². The molecule has 0 radical (unpaired) electrons. The molecule has 0 spiro atoms. The summed E-state index contributed by atoms with van der Waals surface area (Å²) in [5.74, 6) is 1.49. The summed E-state index contributed by atoms with van der Waals surface area (Å²) < 4.78 is 0. The van der Waals surface area contributed by atoms with E-state index in [1.807, 2.05) is 0 Å². The monoisotopic (exact) mass is 270 g/mol. The number of unbranched alkanes of at least 4 members (excludes halogenated alkanes) is 1. The van der Waals surface area contributed by atoms with Crippen LogP contribution in [0.4, 0.5) is 11.8 Å². The molecule has 1 aromatic heterocycles. The van der Waals surface area contributed by atoms with Crippen molar-refractivity contribution >= 4 is 23.4 Å². The minimum atomic E-state index is 0.620. The number of hydrogen-bond donors (Lipinski definition) is 1. The summed E-state index contributed by atoms with van der Waals surface area (Å²) in [5, 5.41) is 3.81. The maximum absolute atomic E-state index is 6.19. The Balaban J connectivity index is 2.83. The van der Waals surface area contributed by atoms with E-state index in [1.165, 1.54) is 6.42 Å². The van der Waals surface area contributed by atoms with Gasteiger partial charge in [-0.1, -0.05) is 31.9 Å². The Morgan fingerprint density at radius 3 is 2.67 bits per heavy atom. The lowest BCUT2D eigenvalue weighted by molar-refractivity contribution is 0.723. The van der Waals surface area contributed by atoms with E-state index in [0.29, 0.717) is 11.0 Å². The zero-order valence-electron chi connectivity index (χ0n) is 11.5. The van der Waals surface area contributed by atoms with Crippen LogP contribution >= 0.6 is 11.6 Å². The molecule has 102 valence electrons. The van der Waals surface area contributed by atoms with Crippen molar-refractivity contribution in [2.45, 2.75) is 40.0 Å². The van der Waals surface area contributed by atoms with Crippen LogP contribution in [0.15, 0.2) is 6.20 Å². The van der Waals surface area contributed by atoms with Crippen molar-refractivity contribution in [1.29, 1.82) is 0 Å². The molecule has 0 bridgehead atoms. The van der Waals surface area contributed by atoms with Gasteiger partial charge >= 0.3 is 0 Å². The van der Waals surface area contributed by atoms with Crippen LogP contribution in [0.1, 0.15) is 40.0 Å². The number of hydrogen-bond acceptors (Lipinski definition) is 4. The second-order valence-corrected chi connectivity index (χ2v) is 4.63. The van der Waals surface area contributed by atoms with Crippen LogP contribution in [0.3, 0.4) is 0 Å². The molecule has 0 aliphatic rings. The van der Waals surface area contributed by atoms with Gasteiger partial charge in [0, 0.05) is 19.6 Å². The highest BCUT2D eigenvalue weighted by molar-refractivity contribution is 6.32. The van der Waals surface area contributed by atoms with Crippen LogP contribution in [0.25, 0.3) is 0 Å². The maximum atomic E-state index is 6.19. The summed E-state index contributed by atoms with van der Waals surface area (Å²) in [4.78, 5) is 10.9. The first kappa shape index (κ1) is 15.0. The Morgan fingerprint density at radius 2 is 2.06 bits per heavy atom. The molecule has 0 aliphatic carbocycles. The number of nitrogens with zero attached hydrogens (tertiary/aromatic N) is 3. The van der Waals surface area contributed by atoms with Gasteiger partial charge in [-0.2, -0.15) is 4.98 Å². The van der Waals surface area contributed by atoms with Gasteiger partial charge in [-0.3, -0.25) is 0 Å². The quantitative estimate of drug-likeness (QED) is 0.784. The zero-order chi connectivity index (χ0) is 13.4. The molecule has 4 nitrogen and oxygen atoms in total. The third-order valence-corrected chi connectivity index (χ3v) is 2.99.